The third kappa shape index (κ3) is 4.99. The van der Waals surface area contributed by atoms with Crippen molar-refractivity contribution in [3.63, 3.8) is 0 Å². The van der Waals surface area contributed by atoms with Crippen molar-refractivity contribution in [1.82, 2.24) is 10.2 Å². The number of carbonyl (C=O) groups excluding carboxylic acids is 1. The molecule has 0 radical (unpaired) electrons. The molecule has 0 fully saturated rings. The molecule has 0 bridgehead atoms. The molecule has 0 heterocycles. The van der Waals surface area contributed by atoms with E-state index in [1.165, 1.54) is 7.11 Å². The molecule has 1 atom stereocenters. The minimum Gasteiger partial charge on any atom is -0.468 e. The first-order valence-corrected chi connectivity index (χ1v) is 6.62. The average Bonchev–Trinajstić information content (AvgIpc) is 2.34. The van der Waals surface area contributed by atoms with E-state index < -0.39 is 6.04 Å². The third-order valence-corrected chi connectivity index (χ3v) is 3.18. The number of esters is 1. The monoisotopic (exact) mass is 304 g/mol. The molecule has 19 heavy (non-hydrogen) atoms. The van der Waals surface area contributed by atoms with Crippen LogP contribution in [0.15, 0.2) is 18.2 Å². The molecule has 1 unspecified atom stereocenters. The van der Waals surface area contributed by atoms with Crippen LogP contribution in [0.2, 0.25) is 10.0 Å². The Bertz CT molecular complexity index is 439. The fraction of sp³-hybridized carbons (Fsp3) is 0.462. The molecular weight excluding hydrogens is 287 g/mol. The molecule has 0 saturated carbocycles. The Balaban J connectivity index is 2.87. The lowest BCUT2D eigenvalue weighted by Crippen LogP contribution is -2.34. The molecule has 0 saturated heterocycles. The van der Waals surface area contributed by atoms with Crippen molar-refractivity contribution in [1.29, 1.82) is 0 Å². The molecule has 0 aliphatic carbocycles. The van der Waals surface area contributed by atoms with Crippen LogP contribution < -0.4 is 5.32 Å². The summed E-state index contributed by atoms with van der Waals surface area (Å²) in [6.07, 6.45) is 0. The number of halogens is 2. The first-order valence-electron chi connectivity index (χ1n) is 5.86. The molecule has 1 aromatic carbocycles. The SMILES string of the molecule is COC(=O)C(NCCN(C)C)c1ccc(Cl)cc1Cl. The van der Waals surface area contributed by atoms with Gasteiger partial charge in [-0.1, -0.05) is 29.3 Å². The fourth-order valence-electron chi connectivity index (χ4n) is 1.61. The Morgan fingerprint density at radius 2 is 2.11 bits per heavy atom. The highest BCUT2D eigenvalue weighted by atomic mass is 35.5. The number of rotatable bonds is 6. The molecule has 0 aliphatic rings. The van der Waals surface area contributed by atoms with Crippen LogP contribution in [0.1, 0.15) is 11.6 Å². The van der Waals surface area contributed by atoms with Gasteiger partial charge in [0, 0.05) is 23.1 Å². The molecule has 1 N–H and O–H groups in total. The topological polar surface area (TPSA) is 41.6 Å². The summed E-state index contributed by atoms with van der Waals surface area (Å²) in [6.45, 7) is 1.45. The highest BCUT2D eigenvalue weighted by Crippen LogP contribution is 2.27. The van der Waals surface area contributed by atoms with Gasteiger partial charge in [0.2, 0.25) is 0 Å². The van der Waals surface area contributed by atoms with E-state index >= 15 is 0 Å². The van der Waals surface area contributed by atoms with Gasteiger partial charge in [-0.15, -0.1) is 0 Å². The maximum atomic E-state index is 11.8. The Hall–Kier alpha value is -0.810. The van der Waals surface area contributed by atoms with E-state index in [-0.39, 0.29) is 5.97 Å². The Labute approximate surface area is 123 Å². The lowest BCUT2D eigenvalue weighted by molar-refractivity contribution is -0.143. The van der Waals surface area contributed by atoms with E-state index in [1.807, 2.05) is 19.0 Å². The summed E-state index contributed by atoms with van der Waals surface area (Å²) in [5.41, 5.74) is 0.664. The zero-order chi connectivity index (χ0) is 14.4. The van der Waals surface area contributed by atoms with Gasteiger partial charge in [0.15, 0.2) is 0 Å². The molecule has 0 spiro atoms. The van der Waals surface area contributed by atoms with Crippen LogP contribution in [0.25, 0.3) is 0 Å². The van der Waals surface area contributed by atoms with Crippen LogP contribution in [-0.2, 0) is 9.53 Å². The molecule has 106 valence electrons. The number of likely N-dealkylation sites (N-methyl/N-ethyl adjacent to an activating group) is 1. The average molecular weight is 305 g/mol. The zero-order valence-corrected chi connectivity index (χ0v) is 12.8. The maximum Gasteiger partial charge on any atom is 0.327 e. The molecule has 1 aromatic rings. The normalized spacial score (nSPS) is 12.5. The van der Waals surface area contributed by atoms with Crippen molar-refractivity contribution < 1.29 is 9.53 Å². The van der Waals surface area contributed by atoms with Gasteiger partial charge in [-0.3, -0.25) is 5.32 Å². The number of methoxy groups -OCH3 is 1. The van der Waals surface area contributed by atoms with Gasteiger partial charge in [0.1, 0.15) is 6.04 Å². The zero-order valence-electron chi connectivity index (χ0n) is 11.2. The van der Waals surface area contributed by atoms with E-state index in [0.717, 1.165) is 6.54 Å². The summed E-state index contributed by atoms with van der Waals surface area (Å²) in [5, 5.41) is 4.11. The molecule has 4 nitrogen and oxygen atoms in total. The summed E-state index contributed by atoms with van der Waals surface area (Å²) in [4.78, 5) is 13.9. The summed E-state index contributed by atoms with van der Waals surface area (Å²) >= 11 is 12.0. The number of nitrogens with zero attached hydrogens (tertiary/aromatic N) is 1. The number of nitrogens with one attached hydrogen (secondary N) is 1. The van der Waals surface area contributed by atoms with Crippen LogP contribution in [0.4, 0.5) is 0 Å². The van der Waals surface area contributed by atoms with Crippen LogP contribution in [-0.4, -0.2) is 45.2 Å². The standard InChI is InChI=1S/C13H18Cl2N2O2/c1-17(2)7-6-16-12(13(18)19-3)10-5-4-9(14)8-11(10)15/h4-5,8,12,16H,6-7H2,1-3H3. The van der Waals surface area contributed by atoms with E-state index in [1.54, 1.807) is 18.2 Å². The highest BCUT2D eigenvalue weighted by molar-refractivity contribution is 6.35. The van der Waals surface area contributed by atoms with Gasteiger partial charge in [0.25, 0.3) is 0 Å². The summed E-state index contributed by atoms with van der Waals surface area (Å²) in [7, 11) is 5.28. The number of hydrogen-bond acceptors (Lipinski definition) is 4. The number of ether oxygens (including phenoxy) is 1. The lowest BCUT2D eigenvalue weighted by Gasteiger charge is -2.19. The number of benzene rings is 1. The van der Waals surface area contributed by atoms with E-state index in [4.69, 9.17) is 27.9 Å². The largest absolute Gasteiger partial charge is 0.468 e. The van der Waals surface area contributed by atoms with Crippen LogP contribution in [0.3, 0.4) is 0 Å². The lowest BCUT2D eigenvalue weighted by atomic mass is 10.1. The minimum absolute atomic E-state index is 0.372. The summed E-state index contributed by atoms with van der Waals surface area (Å²) in [5.74, 6) is -0.372. The Kier molecular flexibility index (Phi) is 6.58. The minimum atomic E-state index is -0.588. The van der Waals surface area contributed by atoms with Crippen molar-refractivity contribution in [2.45, 2.75) is 6.04 Å². The van der Waals surface area contributed by atoms with E-state index in [9.17, 15) is 4.79 Å². The van der Waals surface area contributed by atoms with Gasteiger partial charge in [-0.2, -0.15) is 0 Å². The first-order chi connectivity index (χ1) is 8.95. The predicted octanol–water partition coefficient (Wildman–Crippen LogP) is 2.36. The highest BCUT2D eigenvalue weighted by Gasteiger charge is 2.23. The summed E-state index contributed by atoms with van der Waals surface area (Å²) in [6, 6.07) is 4.46. The van der Waals surface area contributed by atoms with Crippen molar-refractivity contribution in [2.75, 3.05) is 34.3 Å². The molecule has 1 rings (SSSR count). The van der Waals surface area contributed by atoms with Gasteiger partial charge in [0.05, 0.1) is 7.11 Å². The van der Waals surface area contributed by atoms with Gasteiger partial charge in [-0.05, 0) is 31.8 Å². The van der Waals surface area contributed by atoms with Crippen molar-refractivity contribution in [3.8, 4) is 0 Å². The molecule has 0 aliphatic heterocycles. The smallest absolute Gasteiger partial charge is 0.327 e. The van der Waals surface area contributed by atoms with Gasteiger partial charge in [-0.25, -0.2) is 4.79 Å². The Morgan fingerprint density at radius 3 is 2.63 bits per heavy atom. The second-order valence-electron chi connectivity index (χ2n) is 4.38. The Morgan fingerprint density at radius 1 is 1.42 bits per heavy atom. The van der Waals surface area contributed by atoms with Crippen molar-refractivity contribution >= 4 is 29.2 Å². The predicted molar refractivity (Wildman–Crippen MR) is 77.8 cm³/mol. The molecule has 0 amide bonds. The van der Waals surface area contributed by atoms with E-state index in [2.05, 4.69) is 5.32 Å². The van der Waals surface area contributed by atoms with Crippen molar-refractivity contribution in [3.05, 3.63) is 33.8 Å². The number of hydrogen-bond donors (Lipinski definition) is 1. The molecule has 0 aromatic heterocycles. The number of carbonyl (C=O) groups is 1. The van der Waals surface area contributed by atoms with Crippen LogP contribution >= 0.6 is 23.2 Å². The van der Waals surface area contributed by atoms with Gasteiger partial charge < -0.3 is 9.64 Å². The van der Waals surface area contributed by atoms with E-state index in [0.29, 0.717) is 22.2 Å². The molecule has 6 heteroatoms. The third-order valence-electron chi connectivity index (χ3n) is 2.62. The maximum absolute atomic E-state index is 11.8. The second kappa shape index (κ2) is 7.70. The van der Waals surface area contributed by atoms with Crippen LogP contribution in [0.5, 0.6) is 0 Å². The molecular formula is C13H18Cl2N2O2. The summed E-state index contributed by atoms with van der Waals surface area (Å²) < 4.78 is 4.80. The van der Waals surface area contributed by atoms with Crippen molar-refractivity contribution in [2.24, 2.45) is 0 Å². The fourth-order valence-corrected chi connectivity index (χ4v) is 2.12. The first kappa shape index (κ1) is 16.2. The quantitative estimate of drug-likeness (QED) is 0.819. The van der Waals surface area contributed by atoms with Gasteiger partial charge >= 0.3 is 5.97 Å². The second-order valence-corrected chi connectivity index (χ2v) is 5.22. The van der Waals surface area contributed by atoms with Crippen LogP contribution in [0, 0.1) is 0 Å².